The van der Waals surface area contributed by atoms with Crippen molar-refractivity contribution in [2.24, 2.45) is 0 Å². The molecule has 0 bridgehead atoms. The molecule has 1 aromatic carbocycles. The van der Waals surface area contributed by atoms with Crippen LogP contribution in [0.1, 0.15) is 38.8 Å². The van der Waals surface area contributed by atoms with E-state index in [2.05, 4.69) is 5.32 Å². The quantitative estimate of drug-likeness (QED) is 0.709. The molecule has 1 atom stereocenters. The minimum absolute atomic E-state index is 0.252. The van der Waals surface area contributed by atoms with E-state index in [9.17, 15) is 8.78 Å². The fourth-order valence-electron chi connectivity index (χ4n) is 1.92. The lowest BCUT2D eigenvalue weighted by Crippen LogP contribution is -2.29. The SMILES string of the molecule is CCNC(COCCC(C)(C)OC)c1cccc(F)c1F. The van der Waals surface area contributed by atoms with E-state index in [1.165, 1.54) is 6.07 Å². The number of nitrogens with one attached hydrogen (secondary N) is 1. The Labute approximate surface area is 125 Å². The molecule has 1 aromatic rings. The molecular weight excluding hydrogens is 276 g/mol. The van der Waals surface area contributed by atoms with Crippen LogP contribution in [0.2, 0.25) is 0 Å². The van der Waals surface area contributed by atoms with Gasteiger partial charge in [0.05, 0.1) is 18.2 Å². The Morgan fingerprint density at radius 2 is 2.00 bits per heavy atom. The standard InChI is InChI=1S/C16H25F2NO2/c1-5-19-14(11-21-10-9-16(2,3)20-4)12-7-6-8-13(17)15(12)18/h6-8,14,19H,5,9-11H2,1-4H3. The second-order valence-electron chi connectivity index (χ2n) is 5.54. The van der Waals surface area contributed by atoms with Crippen molar-refractivity contribution >= 4 is 0 Å². The van der Waals surface area contributed by atoms with E-state index in [1.807, 2.05) is 20.8 Å². The fraction of sp³-hybridized carbons (Fsp3) is 0.625. The van der Waals surface area contributed by atoms with Crippen molar-refractivity contribution in [3.8, 4) is 0 Å². The van der Waals surface area contributed by atoms with Crippen LogP contribution in [0.4, 0.5) is 8.78 Å². The zero-order valence-corrected chi connectivity index (χ0v) is 13.2. The molecule has 0 aliphatic heterocycles. The van der Waals surface area contributed by atoms with Crippen molar-refractivity contribution in [2.75, 3.05) is 26.9 Å². The second kappa shape index (κ2) is 8.41. The average molecular weight is 301 g/mol. The van der Waals surface area contributed by atoms with Crippen molar-refractivity contribution < 1.29 is 18.3 Å². The van der Waals surface area contributed by atoms with Crippen LogP contribution in [0.5, 0.6) is 0 Å². The summed E-state index contributed by atoms with van der Waals surface area (Å²) in [5, 5.41) is 3.12. The van der Waals surface area contributed by atoms with Crippen molar-refractivity contribution in [3.05, 3.63) is 35.4 Å². The van der Waals surface area contributed by atoms with Crippen molar-refractivity contribution in [2.45, 2.75) is 38.8 Å². The van der Waals surface area contributed by atoms with Crippen LogP contribution in [0.15, 0.2) is 18.2 Å². The van der Waals surface area contributed by atoms with E-state index >= 15 is 0 Å². The first-order valence-corrected chi connectivity index (χ1v) is 7.21. The first-order chi connectivity index (χ1) is 9.91. The number of ether oxygens (including phenoxy) is 2. The molecule has 5 heteroatoms. The van der Waals surface area contributed by atoms with Gasteiger partial charge in [0.15, 0.2) is 11.6 Å². The third-order valence-electron chi connectivity index (χ3n) is 3.49. The maximum Gasteiger partial charge on any atom is 0.163 e. The smallest absolute Gasteiger partial charge is 0.163 e. The Morgan fingerprint density at radius 3 is 2.62 bits per heavy atom. The summed E-state index contributed by atoms with van der Waals surface area (Å²) in [4.78, 5) is 0. The molecule has 0 spiro atoms. The van der Waals surface area contributed by atoms with Gasteiger partial charge in [-0.05, 0) is 32.9 Å². The zero-order valence-electron chi connectivity index (χ0n) is 13.2. The van der Waals surface area contributed by atoms with Gasteiger partial charge in [0.1, 0.15) is 0 Å². The lowest BCUT2D eigenvalue weighted by atomic mass is 10.1. The molecule has 0 saturated carbocycles. The number of hydrogen-bond acceptors (Lipinski definition) is 3. The first-order valence-electron chi connectivity index (χ1n) is 7.21. The van der Waals surface area contributed by atoms with Gasteiger partial charge in [-0.1, -0.05) is 19.1 Å². The minimum atomic E-state index is -0.837. The van der Waals surface area contributed by atoms with Crippen molar-refractivity contribution in [1.29, 1.82) is 0 Å². The van der Waals surface area contributed by atoms with E-state index in [-0.39, 0.29) is 18.2 Å². The van der Waals surface area contributed by atoms with Crippen LogP contribution in [0, 0.1) is 11.6 Å². The topological polar surface area (TPSA) is 30.5 Å². The molecule has 1 N–H and O–H groups in total. The van der Waals surface area contributed by atoms with Crippen LogP contribution in [-0.4, -0.2) is 32.5 Å². The lowest BCUT2D eigenvalue weighted by molar-refractivity contribution is -0.0125. The number of likely N-dealkylation sites (N-methyl/N-ethyl adjacent to an activating group) is 1. The Bertz CT molecular complexity index is 438. The molecule has 0 aliphatic carbocycles. The zero-order chi connectivity index (χ0) is 15.9. The summed E-state index contributed by atoms with van der Waals surface area (Å²) in [6, 6.07) is 3.83. The van der Waals surface area contributed by atoms with Crippen LogP contribution in [0.3, 0.4) is 0 Å². The molecule has 3 nitrogen and oxygen atoms in total. The third kappa shape index (κ3) is 5.69. The Kier molecular flexibility index (Phi) is 7.22. The normalized spacial score (nSPS) is 13.4. The maximum absolute atomic E-state index is 13.8. The number of hydrogen-bond donors (Lipinski definition) is 1. The molecule has 0 aliphatic rings. The highest BCUT2D eigenvalue weighted by Gasteiger charge is 2.19. The second-order valence-corrected chi connectivity index (χ2v) is 5.54. The van der Waals surface area contributed by atoms with Gasteiger partial charge in [0.2, 0.25) is 0 Å². The van der Waals surface area contributed by atoms with Crippen molar-refractivity contribution in [1.82, 2.24) is 5.32 Å². The monoisotopic (exact) mass is 301 g/mol. The van der Waals surface area contributed by atoms with Crippen LogP contribution < -0.4 is 5.32 Å². The summed E-state index contributed by atoms with van der Waals surface area (Å²) in [6.07, 6.45) is 0.730. The van der Waals surface area contributed by atoms with Gasteiger partial charge in [-0.15, -0.1) is 0 Å². The van der Waals surface area contributed by atoms with Gasteiger partial charge < -0.3 is 14.8 Å². The highest BCUT2D eigenvalue weighted by molar-refractivity contribution is 5.22. The van der Waals surface area contributed by atoms with Gasteiger partial charge in [0.25, 0.3) is 0 Å². The average Bonchev–Trinajstić information content (AvgIpc) is 2.45. The summed E-state index contributed by atoms with van der Waals surface area (Å²) >= 11 is 0. The predicted molar refractivity (Wildman–Crippen MR) is 79.3 cm³/mol. The summed E-state index contributed by atoms with van der Waals surface area (Å²) in [5.41, 5.74) is 0.0421. The van der Waals surface area contributed by atoms with Gasteiger partial charge >= 0.3 is 0 Å². The van der Waals surface area contributed by atoms with Crippen molar-refractivity contribution in [3.63, 3.8) is 0 Å². The van der Waals surface area contributed by atoms with E-state index in [0.717, 1.165) is 12.5 Å². The third-order valence-corrected chi connectivity index (χ3v) is 3.49. The number of methoxy groups -OCH3 is 1. The van der Waals surface area contributed by atoms with E-state index < -0.39 is 11.6 Å². The molecule has 0 radical (unpaired) electrons. The Balaban J connectivity index is 2.60. The molecule has 0 saturated heterocycles. The highest BCUT2D eigenvalue weighted by atomic mass is 19.2. The summed E-state index contributed by atoms with van der Waals surface area (Å²) < 4.78 is 38.1. The molecule has 120 valence electrons. The summed E-state index contributed by atoms with van der Waals surface area (Å²) in [5.74, 6) is -1.65. The van der Waals surface area contributed by atoms with E-state index in [0.29, 0.717) is 18.7 Å². The molecular formula is C16H25F2NO2. The van der Waals surface area contributed by atoms with E-state index in [4.69, 9.17) is 9.47 Å². The molecule has 0 heterocycles. The summed E-state index contributed by atoms with van der Waals surface area (Å²) in [7, 11) is 1.66. The molecule has 1 rings (SSSR count). The highest BCUT2D eigenvalue weighted by Crippen LogP contribution is 2.20. The maximum atomic E-state index is 13.8. The summed E-state index contributed by atoms with van der Waals surface area (Å²) in [6.45, 7) is 7.30. The van der Waals surface area contributed by atoms with Gasteiger partial charge in [-0.25, -0.2) is 8.78 Å². The molecule has 0 fully saturated rings. The van der Waals surface area contributed by atoms with E-state index in [1.54, 1.807) is 13.2 Å². The van der Waals surface area contributed by atoms with Crippen LogP contribution in [0.25, 0.3) is 0 Å². The van der Waals surface area contributed by atoms with Gasteiger partial charge in [-0.2, -0.15) is 0 Å². The largest absolute Gasteiger partial charge is 0.379 e. The van der Waals surface area contributed by atoms with Crippen LogP contribution in [-0.2, 0) is 9.47 Å². The van der Waals surface area contributed by atoms with Crippen LogP contribution >= 0.6 is 0 Å². The first kappa shape index (κ1) is 18.0. The Hall–Kier alpha value is -1.04. The number of rotatable bonds is 9. The van der Waals surface area contributed by atoms with Gasteiger partial charge in [-0.3, -0.25) is 0 Å². The van der Waals surface area contributed by atoms with Gasteiger partial charge in [0, 0.05) is 19.3 Å². The number of halogens is 2. The fourth-order valence-corrected chi connectivity index (χ4v) is 1.92. The number of benzene rings is 1. The molecule has 0 aromatic heterocycles. The minimum Gasteiger partial charge on any atom is -0.379 e. The molecule has 1 unspecified atom stereocenters. The molecule has 21 heavy (non-hydrogen) atoms. The molecule has 0 amide bonds. The predicted octanol–water partition coefficient (Wildman–Crippen LogP) is 3.45. The lowest BCUT2D eigenvalue weighted by Gasteiger charge is -2.24. The Morgan fingerprint density at radius 1 is 1.29 bits per heavy atom.